The van der Waals surface area contributed by atoms with E-state index in [2.05, 4.69) is 43.4 Å². The lowest BCUT2D eigenvalue weighted by Gasteiger charge is -2.33. The van der Waals surface area contributed by atoms with Crippen molar-refractivity contribution in [3.8, 4) is 0 Å². The summed E-state index contributed by atoms with van der Waals surface area (Å²) in [4.78, 5) is 14.3. The highest BCUT2D eigenvalue weighted by molar-refractivity contribution is 6.30. The summed E-state index contributed by atoms with van der Waals surface area (Å²) < 4.78 is 0. The third-order valence-corrected chi connectivity index (χ3v) is 4.89. The van der Waals surface area contributed by atoms with Crippen LogP contribution < -0.4 is 10.2 Å². The van der Waals surface area contributed by atoms with Crippen molar-refractivity contribution in [2.24, 2.45) is 0 Å². The van der Waals surface area contributed by atoms with Gasteiger partial charge in [-0.25, -0.2) is 9.97 Å². The molecule has 0 unspecified atom stereocenters. The molecule has 0 radical (unpaired) electrons. The van der Waals surface area contributed by atoms with Crippen LogP contribution in [0.15, 0.2) is 42.9 Å². The minimum atomic E-state index is 0.542. The van der Waals surface area contributed by atoms with Crippen molar-refractivity contribution >= 4 is 28.5 Å². The molecule has 1 aliphatic heterocycles. The first-order valence-electron chi connectivity index (χ1n) is 8.30. The number of aromatic amines is 1. The normalized spacial score (nSPS) is 16.0. The minimum absolute atomic E-state index is 0.542. The molecule has 1 aliphatic rings. The third-order valence-electron chi connectivity index (χ3n) is 4.64. The fraction of sp³-hybridized carbons (Fsp3) is 0.333. The van der Waals surface area contributed by atoms with Crippen LogP contribution in [0.1, 0.15) is 18.4 Å². The van der Waals surface area contributed by atoms with Crippen LogP contribution in [0.2, 0.25) is 5.02 Å². The molecule has 0 amide bonds. The number of anilines is 1. The Morgan fingerprint density at radius 2 is 1.92 bits per heavy atom. The van der Waals surface area contributed by atoms with Crippen LogP contribution in [0.5, 0.6) is 0 Å². The molecule has 24 heavy (non-hydrogen) atoms. The van der Waals surface area contributed by atoms with Crippen LogP contribution in [-0.4, -0.2) is 34.1 Å². The first-order valence-corrected chi connectivity index (χ1v) is 8.68. The molecule has 0 spiro atoms. The van der Waals surface area contributed by atoms with E-state index in [1.54, 1.807) is 6.33 Å². The van der Waals surface area contributed by atoms with E-state index in [1.807, 2.05) is 18.3 Å². The maximum absolute atomic E-state index is 5.93. The maximum atomic E-state index is 5.93. The number of rotatable bonds is 4. The summed E-state index contributed by atoms with van der Waals surface area (Å²) in [6.45, 7) is 2.91. The summed E-state index contributed by atoms with van der Waals surface area (Å²) in [5.74, 6) is 1.04. The Kier molecular flexibility index (Phi) is 4.36. The highest BCUT2D eigenvalue weighted by Crippen LogP contribution is 2.25. The molecular formula is C18H20ClN5. The average molecular weight is 342 g/mol. The zero-order valence-electron chi connectivity index (χ0n) is 13.4. The monoisotopic (exact) mass is 341 g/mol. The molecule has 6 heteroatoms. The molecule has 0 atom stereocenters. The summed E-state index contributed by atoms with van der Waals surface area (Å²) >= 11 is 5.93. The van der Waals surface area contributed by atoms with Crippen molar-refractivity contribution < 1.29 is 0 Å². The number of halogens is 1. The Hall–Kier alpha value is -2.11. The van der Waals surface area contributed by atoms with Gasteiger partial charge in [-0.1, -0.05) is 23.7 Å². The predicted molar refractivity (Wildman–Crippen MR) is 97.4 cm³/mol. The van der Waals surface area contributed by atoms with Gasteiger partial charge < -0.3 is 15.2 Å². The number of hydrogen-bond acceptors (Lipinski definition) is 4. The van der Waals surface area contributed by atoms with E-state index in [4.69, 9.17) is 11.6 Å². The van der Waals surface area contributed by atoms with Gasteiger partial charge in [0, 0.05) is 36.9 Å². The molecule has 4 rings (SSSR count). The zero-order chi connectivity index (χ0) is 16.4. The Balaban J connectivity index is 1.35. The molecule has 0 aliphatic carbocycles. The van der Waals surface area contributed by atoms with Gasteiger partial charge in [-0.15, -0.1) is 0 Å². The van der Waals surface area contributed by atoms with Crippen LogP contribution in [0, 0.1) is 0 Å². The molecule has 1 aromatic carbocycles. The van der Waals surface area contributed by atoms with E-state index in [0.29, 0.717) is 6.04 Å². The SMILES string of the molecule is Clc1ccc(CNC2CCN(c3ncnc4[nH]ccc34)CC2)cc1. The fourth-order valence-corrected chi connectivity index (χ4v) is 3.40. The van der Waals surface area contributed by atoms with Gasteiger partial charge in [0.25, 0.3) is 0 Å². The number of H-pyrrole nitrogens is 1. The molecular weight excluding hydrogens is 322 g/mol. The van der Waals surface area contributed by atoms with Gasteiger partial charge in [0.15, 0.2) is 0 Å². The molecule has 0 saturated carbocycles. The van der Waals surface area contributed by atoms with E-state index in [1.165, 1.54) is 5.56 Å². The molecule has 1 fully saturated rings. The number of nitrogens with zero attached hydrogens (tertiary/aromatic N) is 3. The second-order valence-corrected chi connectivity index (χ2v) is 6.64. The molecule has 2 N–H and O–H groups in total. The number of aromatic nitrogens is 3. The van der Waals surface area contributed by atoms with E-state index < -0.39 is 0 Å². The second-order valence-electron chi connectivity index (χ2n) is 6.21. The van der Waals surface area contributed by atoms with E-state index in [0.717, 1.165) is 54.3 Å². The molecule has 124 valence electrons. The van der Waals surface area contributed by atoms with Crippen molar-refractivity contribution in [2.45, 2.75) is 25.4 Å². The summed E-state index contributed by atoms with van der Waals surface area (Å²) in [6.07, 6.45) is 5.79. The lowest BCUT2D eigenvalue weighted by atomic mass is 10.0. The quantitative estimate of drug-likeness (QED) is 0.764. The van der Waals surface area contributed by atoms with Crippen LogP contribution in [-0.2, 0) is 6.54 Å². The van der Waals surface area contributed by atoms with Crippen LogP contribution in [0.4, 0.5) is 5.82 Å². The van der Waals surface area contributed by atoms with Gasteiger partial charge in [0.1, 0.15) is 17.8 Å². The third kappa shape index (κ3) is 3.23. The molecule has 3 heterocycles. The van der Waals surface area contributed by atoms with Gasteiger partial charge >= 0.3 is 0 Å². The number of fused-ring (bicyclic) bond motifs is 1. The number of benzene rings is 1. The predicted octanol–water partition coefficient (Wildman–Crippen LogP) is 3.37. The van der Waals surface area contributed by atoms with Crippen molar-refractivity contribution in [3.63, 3.8) is 0 Å². The second kappa shape index (κ2) is 6.79. The smallest absolute Gasteiger partial charge is 0.142 e. The highest BCUT2D eigenvalue weighted by atomic mass is 35.5. The van der Waals surface area contributed by atoms with E-state index in [9.17, 15) is 0 Å². The van der Waals surface area contributed by atoms with E-state index in [-0.39, 0.29) is 0 Å². The average Bonchev–Trinajstić information content (AvgIpc) is 3.10. The molecule has 2 aromatic heterocycles. The highest BCUT2D eigenvalue weighted by Gasteiger charge is 2.21. The molecule has 0 bridgehead atoms. The van der Waals surface area contributed by atoms with Gasteiger partial charge in [0.2, 0.25) is 0 Å². The lowest BCUT2D eigenvalue weighted by Crippen LogP contribution is -2.42. The van der Waals surface area contributed by atoms with Crippen LogP contribution >= 0.6 is 11.6 Å². The standard InChI is InChI=1S/C18H20ClN5/c19-14-3-1-13(2-4-14)11-21-15-6-9-24(10-7-15)18-16-5-8-20-17(16)22-12-23-18/h1-5,8,12,15,21H,6-7,9-11H2,(H,20,22,23). The maximum Gasteiger partial charge on any atom is 0.142 e. The number of piperidine rings is 1. The first kappa shape index (κ1) is 15.4. The molecule has 3 aromatic rings. The van der Waals surface area contributed by atoms with Gasteiger partial charge in [-0.2, -0.15) is 0 Å². The summed E-state index contributed by atoms with van der Waals surface area (Å²) in [7, 11) is 0. The van der Waals surface area contributed by atoms with Crippen LogP contribution in [0.3, 0.4) is 0 Å². The minimum Gasteiger partial charge on any atom is -0.356 e. The number of hydrogen-bond donors (Lipinski definition) is 2. The van der Waals surface area contributed by atoms with Gasteiger partial charge in [-0.05, 0) is 36.6 Å². The van der Waals surface area contributed by atoms with E-state index >= 15 is 0 Å². The van der Waals surface area contributed by atoms with Gasteiger partial charge in [-0.3, -0.25) is 0 Å². The Morgan fingerprint density at radius 1 is 1.12 bits per heavy atom. The first-order chi connectivity index (χ1) is 11.8. The fourth-order valence-electron chi connectivity index (χ4n) is 3.27. The Labute approximate surface area is 146 Å². The summed E-state index contributed by atoms with van der Waals surface area (Å²) in [5.41, 5.74) is 2.18. The molecule has 5 nitrogen and oxygen atoms in total. The number of nitrogens with one attached hydrogen (secondary N) is 2. The Morgan fingerprint density at radius 3 is 2.71 bits per heavy atom. The topological polar surface area (TPSA) is 56.8 Å². The zero-order valence-corrected chi connectivity index (χ0v) is 14.1. The van der Waals surface area contributed by atoms with Crippen molar-refractivity contribution in [1.29, 1.82) is 0 Å². The molecule has 1 saturated heterocycles. The summed E-state index contributed by atoms with van der Waals surface area (Å²) in [5, 5.41) is 5.54. The van der Waals surface area contributed by atoms with Crippen molar-refractivity contribution in [3.05, 3.63) is 53.4 Å². The largest absolute Gasteiger partial charge is 0.356 e. The van der Waals surface area contributed by atoms with Crippen LogP contribution in [0.25, 0.3) is 11.0 Å². The Bertz CT molecular complexity index is 806. The van der Waals surface area contributed by atoms with Crippen molar-refractivity contribution in [2.75, 3.05) is 18.0 Å². The van der Waals surface area contributed by atoms with Crippen molar-refractivity contribution in [1.82, 2.24) is 20.3 Å². The van der Waals surface area contributed by atoms with Gasteiger partial charge in [0.05, 0.1) is 5.39 Å². The summed E-state index contributed by atoms with van der Waals surface area (Å²) in [6, 6.07) is 10.6. The lowest BCUT2D eigenvalue weighted by molar-refractivity contribution is 0.413.